The zero-order chi connectivity index (χ0) is 14.0. The molecule has 1 saturated heterocycles. The van der Waals surface area contributed by atoms with Gasteiger partial charge in [0.15, 0.2) is 0 Å². The van der Waals surface area contributed by atoms with Crippen molar-refractivity contribution < 1.29 is 14.3 Å². The van der Waals surface area contributed by atoms with Gasteiger partial charge in [-0.1, -0.05) is 23.2 Å². The minimum atomic E-state index is -0.499. The molecule has 2 N–H and O–H groups in total. The van der Waals surface area contributed by atoms with E-state index in [1.54, 1.807) is 7.05 Å². The maximum atomic E-state index is 11.8. The number of hydrogen-bond acceptors (Lipinski definition) is 3. The summed E-state index contributed by atoms with van der Waals surface area (Å²) in [6.45, 7) is 0.565. The standard InChI is InChI=1S/C11H13Cl2N3O3/c1-16-7(5-6(12)9(16)13)10(17)14-15-11(18)8-3-2-4-19-8/h5,8H,2-4H2,1H3,(H,14,17)(H,15,18). The maximum Gasteiger partial charge on any atom is 0.286 e. The minimum Gasteiger partial charge on any atom is -0.368 e. The third kappa shape index (κ3) is 3.02. The molecule has 6 nitrogen and oxygen atoms in total. The van der Waals surface area contributed by atoms with E-state index >= 15 is 0 Å². The monoisotopic (exact) mass is 305 g/mol. The molecule has 0 radical (unpaired) electrons. The highest BCUT2D eigenvalue weighted by Crippen LogP contribution is 2.24. The van der Waals surface area contributed by atoms with Gasteiger partial charge in [-0.05, 0) is 18.9 Å². The second-order valence-corrected chi connectivity index (χ2v) is 4.94. The van der Waals surface area contributed by atoms with Gasteiger partial charge in [0, 0.05) is 13.7 Å². The molecule has 0 bridgehead atoms. The van der Waals surface area contributed by atoms with E-state index in [1.807, 2.05) is 0 Å². The van der Waals surface area contributed by atoms with E-state index in [4.69, 9.17) is 27.9 Å². The number of amides is 2. The van der Waals surface area contributed by atoms with E-state index in [1.165, 1.54) is 10.6 Å². The summed E-state index contributed by atoms with van der Waals surface area (Å²) in [5.41, 5.74) is 4.87. The lowest BCUT2D eigenvalue weighted by Gasteiger charge is -2.11. The molecule has 0 aliphatic carbocycles. The van der Waals surface area contributed by atoms with Crippen LogP contribution < -0.4 is 10.9 Å². The molecule has 1 fully saturated rings. The van der Waals surface area contributed by atoms with Crippen LogP contribution >= 0.6 is 23.2 Å². The fourth-order valence-corrected chi connectivity index (χ4v) is 2.18. The second kappa shape index (κ2) is 5.81. The largest absolute Gasteiger partial charge is 0.368 e. The first-order valence-corrected chi connectivity index (χ1v) is 6.49. The molecule has 19 heavy (non-hydrogen) atoms. The van der Waals surface area contributed by atoms with Crippen molar-refractivity contribution in [2.75, 3.05) is 6.61 Å². The Morgan fingerprint density at radius 3 is 2.68 bits per heavy atom. The van der Waals surface area contributed by atoms with Gasteiger partial charge in [-0.25, -0.2) is 0 Å². The van der Waals surface area contributed by atoms with Crippen LogP contribution in [0.25, 0.3) is 0 Å². The van der Waals surface area contributed by atoms with Gasteiger partial charge >= 0.3 is 0 Å². The zero-order valence-electron chi connectivity index (χ0n) is 10.2. The predicted octanol–water partition coefficient (Wildman–Crippen LogP) is 1.27. The first-order chi connectivity index (χ1) is 9.00. The third-order valence-electron chi connectivity index (χ3n) is 2.87. The lowest BCUT2D eigenvalue weighted by molar-refractivity contribution is -0.130. The average Bonchev–Trinajstić information content (AvgIpc) is 3.00. The molecule has 2 amide bonds. The number of ether oxygens (including phenoxy) is 1. The third-order valence-corrected chi connectivity index (χ3v) is 3.71. The Hall–Kier alpha value is -1.24. The fraction of sp³-hybridized carbons (Fsp3) is 0.455. The van der Waals surface area contributed by atoms with Gasteiger partial charge in [-0.3, -0.25) is 20.4 Å². The number of nitrogens with one attached hydrogen (secondary N) is 2. The summed E-state index contributed by atoms with van der Waals surface area (Å²) >= 11 is 11.7. The number of hydrogen-bond donors (Lipinski definition) is 2. The Morgan fingerprint density at radius 1 is 1.42 bits per heavy atom. The van der Waals surface area contributed by atoms with Crippen molar-refractivity contribution in [3.8, 4) is 0 Å². The summed E-state index contributed by atoms with van der Waals surface area (Å²) in [5, 5.41) is 0.539. The first kappa shape index (κ1) is 14.2. The van der Waals surface area contributed by atoms with Gasteiger partial charge in [0.1, 0.15) is 17.0 Å². The van der Waals surface area contributed by atoms with Crippen molar-refractivity contribution in [3.05, 3.63) is 21.9 Å². The first-order valence-electron chi connectivity index (χ1n) is 5.73. The number of nitrogens with zero attached hydrogens (tertiary/aromatic N) is 1. The van der Waals surface area contributed by atoms with Gasteiger partial charge in [-0.2, -0.15) is 0 Å². The van der Waals surface area contributed by atoms with Crippen molar-refractivity contribution in [2.45, 2.75) is 18.9 Å². The normalized spacial score (nSPS) is 18.4. The molecule has 2 heterocycles. The average molecular weight is 306 g/mol. The molecule has 1 unspecified atom stereocenters. The Labute approximate surface area is 120 Å². The fourth-order valence-electron chi connectivity index (χ4n) is 1.81. The number of carbonyl (C=O) groups is 2. The minimum absolute atomic E-state index is 0.252. The number of carbonyl (C=O) groups excluding carboxylic acids is 2. The quantitative estimate of drug-likeness (QED) is 0.808. The van der Waals surface area contributed by atoms with Gasteiger partial charge in [0.25, 0.3) is 11.8 Å². The van der Waals surface area contributed by atoms with Crippen LogP contribution in [0, 0.1) is 0 Å². The van der Waals surface area contributed by atoms with Gasteiger partial charge < -0.3 is 9.30 Å². The molecule has 1 aromatic heterocycles. The van der Waals surface area contributed by atoms with Crippen molar-refractivity contribution in [3.63, 3.8) is 0 Å². The van der Waals surface area contributed by atoms with E-state index in [0.717, 1.165) is 6.42 Å². The molecule has 8 heteroatoms. The second-order valence-electron chi connectivity index (χ2n) is 4.17. The Balaban J connectivity index is 1.94. The Bertz CT molecular complexity index is 510. The molecule has 1 aliphatic heterocycles. The summed E-state index contributed by atoms with van der Waals surface area (Å²) in [4.78, 5) is 23.5. The number of aromatic nitrogens is 1. The van der Waals surface area contributed by atoms with Crippen molar-refractivity contribution in [1.29, 1.82) is 0 Å². The van der Waals surface area contributed by atoms with E-state index < -0.39 is 12.0 Å². The summed E-state index contributed by atoms with van der Waals surface area (Å²) in [7, 11) is 1.60. The van der Waals surface area contributed by atoms with Crippen LogP contribution in [0.3, 0.4) is 0 Å². The van der Waals surface area contributed by atoms with Gasteiger partial charge in [0.2, 0.25) is 0 Å². The summed E-state index contributed by atoms with van der Waals surface area (Å²) < 4.78 is 6.62. The summed E-state index contributed by atoms with van der Waals surface area (Å²) in [5.74, 6) is -0.861. The molecular weight excluding hydrogens is 293 g/mol. The number of halogens is 2. The van der Waals surface area contributed by atoms with Crippen LogP contribution in [0.1, 0.15) is 23.3 Å². The van der Waals surface area contributed by atoms with Crippen LogP contribution in [-0.2, 0) is 16.6 Å². The summed E-state index contributed by atoms with van der Waals surface area (Å²) in [6, 6.07) is 1.43. The Morgan fingerprint density at radius 2 is 2.16 bits per heavy atom. The summed E-state index contributed by atoms with van der Waals surface area (Å²) in [6.07, 6.45) is 0.999. The highest BCUT2D eigenvalue weighted by Gasteiger charge is 2.24. The predicted molar refractivity (Wildman–Crippen MR) is 70.0 cm³/mol. The SMILES string of the molecule is Cn1c(C(=O)NNC(=O)C2CCCO2)cc(Cl)c1Cl. The van der Waals surface area contributed by atoms with Crippen molar-refractivity contribution in [2.24, 2.45) is 7.05 Å². The number of hydrazine groups is 1. The van der Waals surface area contributed by atoms with E-state index in [9.17, 15) is 9.59 Å². The molecule has 0 spiro atoms. The van der Waals surface area contributed by atoms with Crippen molar-refractivity contribution >= 4 is 35.0 Å². The molecule has 0 aromatic carbocycles. The van der Waals surface area contributed by atoms with E-state index in [-0.39, 0.29) is 21.8 Å². The molecule has 0 saturated carbocycles. The van der Waals surface area contributed by atoms with Gasteiger partial charge in [-0.15, -0.1) is 0 Å². The zero-order valence-corrected chi connectivity index (χ0v) is 11.7. The highest BCUT2D eigenvalue weighted by molar-refractivity contribution is 6.41. The van der Waals surface area contributed by atoms with Gasteiger partial charge in [0.05, 0.1) is 5.02 Å². The Kier molecular flexibility index (Phi) is 4.34. The highest BCUT2D eigenvalue weighted by atomic mass is 35.5. The van der Waals surface area contributed by atoms with Crippen molar-refractivity contribution in [1.82, 2.24) is 15.4 Å². The van der Waals surface area contributed by atoms with Crippen LogP contribution in [0.15, 0.2) is 6.07 Å². The number of rotatable bonds is 2. The lowest BCUT2D eigenvalue weighted by atomic mass is 10.2. The van der Waals surface area contributed by atoms with E-state index in [0.29, 0.717) is 13.0 Å². The van der Waals surface area contributed by atoms with Crippen LogP contribution in [0.5, 0.6) is 0 Å². The molecule has 1 atom stereocenters. The van der Waals surface area contributed by atoms with Crippen LogP contribution in [0.4, 0.5) is 0 Å². The van der Waals surface area contributed by atoms with Crippen LogP contribution in [0.2, 0.25) is 10.2 Å². The lowest BCUT2D eigenvalue weighted by Crippen LogP contribution is -2.46. The molecule has 104 valence electrons. The molecular formula is C11H13Cl2N3O3. The van der Waals surface area contributed by atoms with Crippen LogP contribution in [-0.4, -0.2) is 29.1 Å². The topological polar surface area (TPSA) is 72.4 Å². The molecule has 1 aromatic rings. The maximum absolute atomic E-state index is 11.8. The van der Waals surface area contributed by atoms with E-state index in [2.05, 4.69) is 10.9 Å². The smallest absolute Gasteiger partial charge is 0.286 e. The molecule has 2 rings (SSSR count). The molecule has 1 aliphatic rings.